The molecule has 0 saturated heterocycles. The van der Waals surface area contributed by atoms with E-state index in [1.807, 2.05) is 6.08 Å². The van der Waals surface area contributed by atoms with Crippen LogP contribution >= 0.6 is 15.9 Å². The normalized spacial score (nSPS) is 12.3. The summed E-state index contributed by atoms with van der Waals surface area (Å²) in [6.45, 7) is 0. The molecular formula is C10H9BrF3N. The van der Waals surface area contributed by atoms with Crippen molar-refractivity contribution < 1.29 is 13.2 Å². The SMILES string of the molecule is FC(F)(F)c1ccc(C=CCCBr)nc1. The Balaban J connectivity index is 2.73. The summed E-state index contributed by atoms with van der Waals surface area (Å²) in [7, 11) is 0. The Morgan fingerprint density at radius 1 is 1.33 bits per heavy atom. The molecule has 15 heavy (non-hydrogen) atoms. The molecule has 0 aliphatic rings. The van der Waals surface area contributed by atoms with Gasteiger partial charge in [0, 0.05) is 11.5 Å². The molecule has 0 aliphatic heterocycles. The number of aromatic nitrogens is 1. The first-order chi connectivity index (χ1) is 7.04. The number of allylic oxidation sites excluding steroid dienone is 1. The second-order valence-corrected chi connectivity index (χ2v) is 3.64. The van der Waals surface area contributed by atoms with Crippen LogP contribution in [0, 0.1) is 0 Å². The lowest BCUT2D eigenvalue weighted by molar-refractivity contribution is -0.137. The van der Waals surface area contributed by atoms with E-state index in [0.717, 1.165) is 24.0 Å². The van der Waals surface area contributed by atoms with Gasteiger partial charge in [-0.2, -0.15) is 13.2 Å². The maximum absolute atomic E-state index is 12.2. The second-order valence-electron chi connectivity index (χ2n) is 2.85. The smallest absolute Gasteiger partial charge is 0.256 e. The van der Waals surface area contributed by atoms with Crippen molar-refractivity contribution >= 4 is 22.0 Å². The van der Waals surface area contributed by atoms with Crippen molar-refractivity contribution in [2.45, 2.75) is 12.6 Å². The second kappa shape index (κ2) is 5.30. The largest absolute Gasteiger partial charge is 0.417 e. The van der Waals surface area contributed by atoms with E-state index >= 15 is 0 Å². The van der Waals surface area contributed by atoms with Gasteiger partial charge in [0.1, 0.15) is 0 Å². The van der Waals surface area contributed by atoms with Gasteiger partial charge < -0.3 is 0 Å². The van der Waals surface area contributed by atoms with E-state index in [-0.39, 0.29) is 0 Å². The van der Waals surface area contributed by atoms with Crippen molar-refractivity contribution in [2.75, 3.05) is 5.33 Å². The molecule has 0 N–H and O–H groups in total. The van der Waals surface area contributed by atoms with Gasteiger partial charge in [-0.15, -0.1) is 0 Å². The first-order valence-electron chi connectivity index (χ1n) is 4.30. The summed E-state index contributed by atoms with van der Waals surface area (Å²) < 4.78 is 36.5. The fraction of sp³-hybridized carbons (Fsp3) is 0.300. The standard InChI is InChI=1S/C10H9BrF3N/c11-6-2-1-3-9-5-4-8(7-15-9)10(12,13)14/h1,3-5,7H,2,6H2. The highest BCUT2D eigenvalue weighted by Gasteiger charge is 2.30. The lowest BCUT2D eigenvalue weighted by Gasteiger charge is -2.05. The summed E-state index contributed by atoms with van der Waals surface area (Å²) >= 11 is 3.24. The highest BCUT2D eigenvalue weighted by atomic mass is 79.9. The van der Waals surface area contributed by atoms with E-state index in [9.17, 15) is 13.2 Å². The molecule has 0 unspecified atom stereocenters. The summed E-state index contributed by atoms with van der Waals surface area (Å²) in [5.41, 5.74) is -0.191. The number of rotatable bonds is 3. The Morgan fingerprint density at radius 3 is 2.53 bits per heavy atom. The number of nitrogens with zero attached hydrogens (tertiary/aromatic N) is 1. The number of hydrogen-bond acceptors (Lipinski definition) is 1. The van der Waals surface area contributed by atoms with Gasteiger partial charge in [0.05, 0.1) is 11.3 Å². The lowest BCUT2D eigenvalue weighted by Crippen LogP contribution is -2.05. The molecule has 1 heterocycles. The van der Waals surface area contributed by atoms with E-state index in [0.29, 0.717) is 5.69 Å². The fourth-order valence-corrected chi connectivity index (χ4v) is 1.20. The molecule has 0 fully saturated rings. The third kappa shape index (κ3) is 4.03. The van der Waals surface area contributed by atoms with Gasteiger partial charge in [-0.05, 0) is 24.6 Å². The van der Waals surface area contributed by atoms with Crippen molar-refractivity contribution in [3.63, 3.8) is 0 Å². The summed E-state index contributed by atoms with van der Waals surface area (Å²) in [5.74, 6) is 0. The third-order valence-corrected chi connectivity index (χ3v) is 2.14. The van der Waals surface area contributed by atoms with Crippen LogP contribution in [0.3, 0.4) is 0 Å². The van der Waals surface area contributed by atoms with Crippen LogP contribution < -0.4 is 0 Å². The fourth-order valence-electron chi connectivity index (χ4n) is 0.939. The predicted molar refractivity (Wildman–Crippen MR) is 56.7 cm³/mol. The number of alkyl halides is 4. The Hall–Kier alpha value is -0.840. The summed E-state index contributed by atoms with van der Waals surface area (Å²) in [4.78, 5) is 3.69. The molecule has 0 spiro atoms. The maximum Gasteiger partial charge on any atom is 0.417 e. The summed E-state index contributed by atoms with van der Waals surface area (Å²) in [6, 6.07) is 2.38. The molecule has 0 atom stereocenters. The molecule has 0 bridgehead atoms. The molecule has 1 aromatic heterocycles. The van der Waals surface area contributed by atoms with Crippen LogP contribution in [0.15, 0.2) is 24.4 Å². The molecule has 1 aromatic rings. The number of halogens is 4. The third-order valence-electron chi connectivity index (χ3n) is 1.68. The minimum atomic E-state index is -4.31. The zero-order chi connectivity index (χ0) is 11.3. The Kier molecular flexibility index (Phi) is 4.32. The summed E-state index contributed by atoms with van der Waals surface area (Å²) in [6.07, 6.45) is 0.896. The van der Waals surface area contributed by atoms with Crippen LogP contribution in [-0.4, -0.2) is 10.3 Å². The van der Waals surface area contributed by atoms with Gasteiger partial charge in [0.2, 0.25) is 0 Å². The molecule has 0 aromatic carbocycles. The first-order valence-corrected chi connectivity index (χ1v) is 5.42. The van der Waals surface area contributed by atoms with Gasteiger partial charge in [-0.1, -0.05) is 22.0 Å². The van der Waals surface area contributed by atoms with Gasteiger partial charge in [-0.3, -0.25) is 4.98 Å². The molecule has 82 valence electrons. The van der Waals surface area contributed by atoms with Crippen LogP contribution in [0.5, 0.6) is 0 Å². The van der Waals surface area contributed by atoms with Crippen molar-refractivity contribution in [2.24, 2.45) is 0 Å². The summed E-state index contributed by atoms with van der Waals surface area (Å²) in [5, 5.41) is 0.824. The van der Waals surface area contributed by atoms with Crippen molar-refractivity contribution in [3.05, 3.63) is 35.7 Å². The van der Waals surface area contributed by atoms with Crippen molar-refractivity contribution in [3.8, 4) is 0 Å². The molecule has 0 aliphatic carbocycles. The minimum absolute atomic E-state index is 0.531. The van der Waals surface area contributed by atoms with E-state index in [2.05, 4.69) is 20.9 Å². The molecule has 0 amide bonds. The molecule has 0 radical (unpaired) electrons. The quantitative estimate of drug-likeness (QED) is 0.765. The highest BCUT2D eigenvalue weighted by molar-refractivity contribution is 9.09. The van der Waals surface area contributed by atoms with Crippen LogP contribution in [0.4, 0.5) is 13.2 Å². The van der Waals surface area contributed by atoms with E-state index < -0.39 is 11.7 Å². The number of hydrogen-bond donors (Lipinski definition) is 0. The van der Waals surface area contributed by atoms with Crippen molar-refractivity contribution in [1.82, 2.24) is 4.98 Å². The molecular weight excluding hydrogens is 271 g/mol. The molecule has 1 nitrogen and oxygen atoms in total. The Bertz CT molecular complexity index is 330. The predicted octanol–water partition coefficient (Wildman–Crippen LogP) is 3.90. The van der Waals surface area contributed by atoms with E-state index in [1.54, 1.807) is 6.08 Å². The van der Waals surface area contributed by atoms with Crippen LogP contribution in [0.25, 0.3) is 6.08 Å². The average Bonchev–Trinajstić information content (AvgIpc) is 2.18. The van der Waals surface area contributed by atoms with Gasteiger partial charge in [0.15, 0.2) is 0 Å². The zero-order valence-corrected chi connectivity index (χ0v) is 9.35. The monoisotopic (exact) mass is 279 g/mol. The maximum atomic E-state index is 12.2. The van der Waals surface area contributed by atoms with Gasteiger partial charge in [-0.25, -0.2) is 0 Å². The van der Waals surface area contributed by atoms with Crippen LogP contribution in [-0.2, 0) is 6.18 Å². The lowest BCUT2D eigenvalue weighted by atomic mass is 10.2. The molecule has 0 saturated carbocycles. The van der Waals surface area contributed by atoms with Gasteiger partial charge >= 0.3 is 6.18 Å². The zero-order valence-electron chi connectivity index (χ0n) is 7.76. The topological polar surface area (TPSA) is 12.9 Å². The first kappa shape index (κ1) is 12.2. The highest BCUT2D eigenvalue weighted by Crippen LogP contribution is 2.28. The van der Waals surface area contributed by atoms with E-state index in [4.69, 9.17) is 0 Å². The van der Waals surface area contributed by atoms with Crippen LogP contribution in [0.2, 0.25) is 0 Å². The Morgan fingerprint density at radius 2 is 2.07 bits per heavy atom. The van der Waals surface area contributed by atoms with Crippen molar-refractivity contribution in [1.29, 1.82) is 0 Å². The Labute approximate surface area is 94.2 Å². The number of pyridine rings is 1. The van der Waals surface area contributed by atoms with Gasteiger partial charge in [0.25, 0.3) is 0 Å². The minimum Gasteiger partial charge on any atom is -0.256 e. The van der Waals surface area contributed by atoms with Crippen LogP contribution in [0.1, 0.15) is 17.7 Å². The molecule has 5 heteroatoms. The average molecular weight is 280 g/mol. The molecule has 1 rings (SSSR count). The van der Waals surface area contributed by atoms with E-state index in [1.165, 1.54) is 6.07 Å².